The van der Waals surface area contributed by atoms with E-state index in [4.69, 9.17) is 14.2 Å². The van der Waals surface area contributed by atoms with Crippen LogP contribution in [0.15, 0.2) is 36.5 Å². The number of carbonyl (C=O) groups is 2. The number of hydrogen-bond donors (Lipinski definition) is 1. The van der Waals surface area contributed by atoms with Crippen molar-refractivity contribution in [2.24, 2.45) is 7.05 Å². The van der Waals surface area contributed by atoms with Crippen molar-refractivity contribution in [3.05, 3.63) is 42.2 Å². The molecule has 0 saturated carbocycles. The van der Waals surface area contributed by atoms with Crippen molar-refractivity contribution in [2.45, 2.75) is 39.7 Å². The number of carbonyl (C=O) groups excluding carboxylic acids is 2. The highest BCUT2D eigenvalue weighted by molar-refractivity contribution is 5.93. The van der Waals surface area contributed by atoms with E-state index in [1.165, 1.54) is 12.0 Å². The van der Waals surface area contributed by atoms with Crippen molar-refractivity contribution < 1.29 is 23.8 Å². The fraction of sp³-hybridized carbons (Fsp3) is 0.538. The van der Waals surface area contributed by atoms with Crippen LogP contribution in [0.2, 0.25) is 0 Å². The SMILES string of the molecule is CCCCN(Cc1cccn1C)C(=O)CN(CCCOCC)C(=O)Nc1ccc(OC)cc1OC. The topological polar surface area (TPSA) is 85.3 Å². The van der Waals surface area contributed by atoms with Crippen LogP contribution in [0.4, 0.5) is 10.5 Å². The maximum atomic E-state index is 13.4. The van der Waals surface area contributed by atoms with E-state index in [9.17, 15) is 9.59 Å². The highest BCUT2D eigenvalue weighted by Gasteiger charge is 2.23. The summed E-state index contributed by atoms with van der Waals surface area (Å²) in [4.78, 5) is 30.0. The second-order valence-corrected chi connectivity index (χ2v) is 8.25. The average Bonchev–Trinajstić information content (AvgIpc) is 3.27. The lowest BCUT2D eigenvalue weighted by atomic mass is 10.2. The lowest BCUT2D eigenvalue weighted by Gasteiger charge is -2.28. The van der Waals surface area contributed by atoms with Crippen LogP contribution < -0.4 is 14.8 Å². The van der Waals surface area contributed by atoms with Crippen molar-refractivity contribution in [3.63, 3.8) is 0 Å². The number of nitrogens with zero attached hydrogens (tertiary/aromatic N) is 3. The summed E-state index contributed by atoms with van der Waals surface area (Å²) in [5, 5.41) is 2.89. The van der Waals surface area contributed by atoms with Gasteiger partial charge in [0.05, 0.1) is 26.5 Å². The zero-order chi connectivity index (χ0) is 25.6. The third-order valence-corrected chi connectivity index (χ3v) is 5.72. The molecule has 0 aliphatic rings. The average molecular weight is 489 g/mol. The van der Waals surface area contributed by atoms with E-state index < -0.39 is 0 Å². The van der Waals surface area contributed by atoms with E-state index in [1.54, 1.807) is 25.3 Å². The summed E-state index contributed by atoms with van der Waals surface area (Å²) >= 11 is 0. The Morgan fingerprint density at radius 3 is 2.43 bits per heavy atom. The molecule has 9 heteroatoms. The van der Waals surface area contributed by atoms with Gasteiger partial charge in [-0.15, -0.1) is 0 Å². The molecule has 0 radical (unpaired) electrons. The molecule has 0 saturated heterocycles. The maximum Gasteiger partial charge on any atom is 0.322 e. The van der Waals surface area contributed by atoms with Gasteiger partial charge in [0.25, 0.3) is 0 Å². The lowest BCUT2D eigenvalue weighted by molar-refractivity contribution is -0.132. The Balaban J connectivity index is 2.17. The molecule has 9 nitrogen and oxygen atoms in total. The van der Waals surface area contributed by atoms with Gasteiger partial charge in [-0.2, -0.15) is 0 Å². The van der Waals surface area contributed by atoms with Gasteiger partial charge in [-0.3, -0.25) is 4.79 Å². The van der Waals surface area contributed by atoms with Crippen molar-refractivity contribution in [1.82, 2.24) is 14.4 Å². The molecule has 0 spiro atoms. The third-order valence-electron chi connectivity index (χ3n) is 5.72. The molecule has 0 fully saturated rings. The predicted octanol–water partition coefficient (Wildman–Crippen LogP) is 4.13. The van der Waals surface area contributed by atoms with Gasteiger partial charge in [0.15, 0.2) is 0 Å². The summed E-state index contributed by atoms with van der Waals surface area (Å²) in [5.41, 5.74) is 1.55. The number of methoxy groups -OCH3 is 2. The molecule has 35 heavy (non-hydrogen) atoms. The second-order valence-electron chi connectivity index (χ2n) is 8.25. The van der Waals surface area contributed by atoms with Crippen LogP contribution in [0.25, 0.3) is 0 Å². The normalized spacial score (nSPS) is 10.7. The van der Waals surface area contributed by atoms with E-state index in [2.05, 4.69) is 12.2 Å². The summed E-state index contributed by atoms with van der Waals surface area (Å²) in [6.45, 7) is 6.66. The number of aromatic nitrogens is 1. The fourth-order valence-corrected chi connectivity index (χ4v) is 3.61. The van der Waals surface area contributed by atoms with Crippen molar-refractivity contribution in [3.8, 4) is 11.5 Å². The van der Waals surface area contributed by atoms with Gasteiger partial charge < -0.3 is 33.9 Å². The molecule has 2 aromatic rings. The highest BCUT2D eigenvalue weighted by Crippen LogP contribution is 2.29. The van der Waals surface area contributed by atoms with Gasteiger partial charge in [0.1, 0.15) is 18.0 Å². The van der Waals surface area contributed by atoms with Crippen LogP contribution in [-0.4, -0.2) is 73.4 Å². The molecule has 0 bridgehead atoms. The molecule has 2 rings (SSSR count). The van der Waals surface area contributed by atoms with Crippen LogP contribution in [0.3, 0.4) is 0 Å². The Bertz CT molecular complexity index is 930. The maximum absolute atomic E-state index is 13.4. The van der Waals surface area contributed by atoms with E-state index in [1.807, 2.05) is 41.8 Å². The molecule has 0 atom stereocenters. The smallest absolute Gasteiger partial charge is 0.322 e. The largest absolute Gasteiger partial charge is 0.497 e. The Morgan fingerprint density at radius 1 is 1.03 bits per heavy atom. The molecular formula is C26H40N4O5. The standard InChI is InChI=1S/C26H40N4O5/c1-6-8-15-29(19-21-11-9-14-28(21)3)25(31)20-30(16-10-17-35-7-2)26(32)27-23-13-12-22(33-4)18-24(23)34-5/h9,11-14,18H,6-8,10,15-17,19-20H2,1-5H3,(H,27,32). The second kappa shape index (κ2) is 14.9. The van der Waals surface area contributed by atoms with Gasteiger partial charge in [0.2, 0.25) is 5.91 Å². The minimum absolute atomic E-state index is 0.0232. The molecule has 0 unspecified atom stereocenters. The first-order chi connectivity index (χ1) is 16.9. The number of hydrogen-bond acceptors (Lipinski definition) is 5. The Hall–Kier alpha value is -3.20. The molecule has 1 N–H and O–H groups in total. The van der Waals surface area contributed by atoms with Gasteiger partial charge in [-0.1, -0.05) is 13.3 Å². The molecule has 0 aliphatic heterocycles. The zero-order valence-electron chi connectivity index (χ0n) is 21.7. The summed E-state index contributed by atoms with van der Waals surface area (Å²) in [6, 6.07) is 8.77. The van der Waals surface area contributed by atoms with Crippen LogP contribution in [0, 0.1) is 0 Å². The molecule has 194 valence electrons. The number of rotatable bonds is 15. The highest BCUT2D eigenvalue weighted by atomic mass is 16.5. The Labute approximate surface area is 208 Å². The van der Waals surface area contributed by atoms with Crippen LogP contribution in [0.5, 0.6) is 11.5 Å². The number of anilines is 1. The van der Waals surface area contributed by atoms with Crippen molar-refractivity contribution >= 4 is 17.6 Å². The van der Waals surface area contributed by atoms with Crippen molar-refractivity contribution in [1.29, 1.82) is 0 Å². The number of benzene rings is 1. The van der Waals surface area contributed by atoms with Gasteiger partial charge >= 0.3 is 6.03 Å². The molecule has 1 aromatic heterocycles. The number of unbranched alkanes of at least 4 members (excludes halogenated alkanes) is 1. The first kappa shape index (κ1) is 28.0. The number of ether oxygens (including phenoxy) is 3. The van der Waals surface area contributed by atoms with E-state index in [-0.39, 0.29) is 18.5 Å². The number of amides is 3. The molecule has 3 amide bonds. The molecular weight excluding hydrogens is 448 g/mol. The summed E-state index contributed by atoms with van der Waals surface area (Å²) in [6.07, 6.45) is 4.47. The van der Waals surface area contributed by atoms with Crippen LogP contribution in [-0.2, 0) is 23.1 Å². The van der Waals surface area contributed by atoms with Gasteiger partial charge in [0, 0.05) is 51.3 Å². The lowest BCUT2D eigenvalue weighted by Crippen LogP contribution is -2.45. The zero-order valence-corrected chi connectivity index (χ0v) is 21.7. The number of urea groups is 1. The summed E-state index contributed by atoms with van der Waals surface area (Å²) < 4.78 is 18.1. The predicted molar refractivity (Wildman–Crippen MR) is 137 cm³/mol. The van der Waals surface area contributed by atoms with Crippen LogP contribution in [0.1, 0.15) is 38.8 Å². The first-order valence-corrected chi connectivity index (χ1v) is 12.2. The fourth-order valence-electron chi connectivity index (χ4n) is 3.61. The van der Waals surface area contributed by atoms with Gasteiger partial charge in [-0.25, -0.2) is 4.79 Å². The minimum atomic E-state index is -0.368. The quantitative estimate of drug-likeness (QED) is 0.381. The van der Waals surface area contributed by atoms with Crippen LogP contribution >= 0.6 is 0 Å². The monoisotopic (exact) mass is 488 g/mol. The third kappa shape index (κ3) is 8.83. The van der Waals surface area contributed by atoms with Crippen molar-refractivity contribution in [2.75, 3.05) is 52.4 Å². The summed E-state index contributed by atoms with van der Waals surface area (Å²) in [7, 11) is 5.06. The number of nitrogens with one attached hydrogen (secondary N) is 1. The van der Waals surface area contributed by atoms with Gasteiger partial charge in [-0.05, 0) is 44.0 Å². The summed E-state index contributed by atoms with van der Waals surface area (Å²) in [5.74, 6) is 1.01. The van der Waals surface area contributed by atoms with E-state index >= 15 is 0 Å². The van der Waals surface area contributed by atoms with E-state index in [0.717, 1.165) is 18.5 Å². The molecule has 1 heterocycles. The molecule has 1 aromatic carbocycles. The molecule has 0 aliphatic carbocycles. The Morgan fingerprint density at radius 2 is 1.80 bits per heavy atom. The minimum Gasteiger partial charge on any atom is -0.497 e. The number of aryl methyl sites for hydroxylation is 1. The Kier molecular flexibility index (Phi) is 12.0. The first-order valence-electron chi connectivity index (χ1n) is 12.2. The van der Waals surface area contributed by atoms with E-state index in [0.29, 0.717) is 56.5 Å².